The molecule has 0 atom stereocenters. The monoisotopic (exact) mass is 283 g/mol. The third-order valence-electron chi connectivity index (χ3n) is 2.71. The molecule has 6 heteroatoms. The van der Waals surface area contributed by atoms with Crippen LogP contribution in [0.2, 0.25) is 0 Å². The SMILES string of the molecule is CN=C(NCCCN(C)C)NCc1sc(C)nc1C. The second kappa shape index (κ2) is 8.12. The average molecular weight is 283 g/mol. The van der Waals surface area contributed by atoms with Gasteiger partial charge in [0.1, 0.15) is 0 Å². The van der Waals surface area contributed by atoms with Crippen molar-refractivity contribution >= 4 is 17.3 Å². The number of nitrogens with one attached hydrogen (secondary N) is 2. The van der Waals surface area contributed by atoms with E-state index in [1.165, 1.54) is 4.88 Å². The summed E-state index contributed by atoms with van der Waals surface area (Å²) in [5, 5.41) is 7.76. The Bertz CT molecular complexity index is 411. The average Bonchev–Trinajstić information content (AvgIpc) is 2.66. The van der Waals surface area contributed by atoms with Gasteiger partial charge in [-0.25, -0.2) is 4.98 Å². The predicted molar refractivity (Wildman–Crippen MR) is 83.0 cm³/mol. The molecule has 108 valence electrons. The van der Waals surface area contributed by atoms with E-state index in [4.69, 9.17) is 0 Å². The molecule has 1 rings (SSSR count). The molecule has 0 amide bonds. The molecule has 0 aliphatic rings. The third-order valence-corrected chi connectivity index (χ3v) is 3.79. The highest BCUT2D eigenvalue weighted by atomic mass is 32.1. The Hall–Kier alpha value is -1.14. The minimum absolute atomic E-state index is 0.782. The van der Waals surface area contributed by atoms with Gasteiger partial charge < -0.3 is 15.5 Å². The Labute approximate surface area is 120 Å². The highest BCUT2D eigenvalue weighted by Gasteiger charge is 2.05. The number of guanidine groups is 1. The Morgan fingerprint density at radius 3 is 2.58 bits per heavy atom. The van der Waals surface area contributed by atoms with Gasteiger partial charge in [0.25, 0.3) is 0 Å². The van der Waals surface area contributed by atoms with Gasteiger partial charge in [0.15, 0.2) is 5.96 Å². The van der Waals surface area contributed by atoms with Crippen molar-refractivity contribution < 1.29 is 0 Å². The van der Waals surface area contributed by atoms with Crippen molar-refractivity contribution in [1.29, 1.82) is 0 Å². The van der Waals surface area contributed by atoms with Crippen molar-refractivity contribution in [2.24, 2.45) is 4.99 Å². The summed E-state index contributed by atoms with van der Waals surface area (Å²) < 4.78 is 0. The topological polar surface area (TPSA) is 52.6 Å². The fraction of sp³-hybridized carbons (Fsp3) is 0.692. The van der Waals surface area contributed by atoms with Gasteiger partial charge in [0, 0.05) is 18.5 Å². The van der Waals surface area contributed by atoms with Crippen molar-refractivity contribution in [3.8, 4) is 0 Å². The van der Waals surface area contributed by atoms with Crippen LogP contribution in [0.15, 0.2) is 4.99 Å². The lowest BCUT2D eigenvalue weighted by Crippen LogP contribution is -2.38. The van der Waals surface area contributed by atoms with Crippen LogP contribution in [-0.4, -0.2) is 50.1 Å². The Kier molecular flexibility index (Phi) is 6.80. The summed E-state index contributed by atoms with van der Waals surface area (Å²) in [7, 11) is 5.97. The predicted octanol–water partition coefficient (Wildman–Crippen LogP) is 1.38. The number of thiazole rings is 1. The van der Waals surface area contributed by atoms with E-state index in [9.17, 15) is 0 Å². The van der Waals surface area contributed by atoms with Gasteiger partial charge in [0.05, 0.1) is 17.2 Å². The largest absolute Gasteiger partial charge is 0.356 e. The summed E-state index contributed by atoms with van der Waals surface area (Å²) in [6.45, 7) is 6.88. The summed E-state index contributed by atoms with van der Waals surface area (Å²) in [5.41, 5.74) is 1.11. The van der Waals surface area contributed by atoms with Crippen LogP contribution in [0.3, 0.4) is 0 Å². The molecule has 5 nitrogen and oxygen atoms in total. The molecule has 1 heterocycles. The fourth-order valence-corrected chi connectivity index (χ4v) is 2.60. The molecule has 1 aromatic rings. The van der Waals surface area contributed by atoms with E-state index in [2.05, 4.69) is 39.6 Å². The van der Waals surface area contributed by atoms with Crippen molar-refractivity contribution in [2.75, 3.05) is 34.2 Å². The van der Waals surface area contributed by atoms with Crippen molar-refractivity contribution in [1.82, 2.24) is 20.5 Å². The van der Waals surface area contributed by atoms with Crippen LogP contribution in [0.4, 0.5) is 0 Å². The van der Waals surface area contributed by atoms with Crippen LogP contribution in [0.25, 0.3) is 0 Å². The second-order valence-electron chi connectivity index (χ2n) is 4.75. The van der Waals surface area contributed by atoms with Crippen LogP contribution in [-0.2, 0) is 6.54 Å². The minimum Gasteiger partial charge on any atom is -0.356 e. The van der Waals surface area contributed by atoms with Crippen LogP contribution < -0.4 is 10.6 Å². The maximum absolute atomic E-state index is 4.42. The molecule has 0 aromatic carbocycles. The maximum Gasteiger partial charge on any atom is 0.191 e. The van der Waals surface area contributed by atoms with E-state index < -0.39 is 0 Å². The number of aryl methyl sites for hydroxylation is 2. The van der Waals surface area contributed by atoms with E-state index in [-0.39, 0.29) is 0 Å². The summed E-state index contributed by atoms with van der Waals surface area (Å²) in [5.74, 6) is 0.851. The quantitative estimate of drug-likeness (QED) is 0.470. The van der Waals surface area contributed by atoms with Gasteiger partial charge in [-0.2, -0.15) is 0 Å². The van der Waals surface area contributed by atoms with Gasteiger partial charge in [-0.05, 0) is 40.9 Å². The fourth-order valence-electron chi connectivity index (χ4n) is 1.72. The summed E-state index contributed by atoms with van der Waals surface area (Å²) in [4.78, 5) is 12.1. The first-order valence-corrected chi connectivity index (χ1v) is 7.36. The molecular weight excluding hydrogens is 258 g/mol. The smallest absolute Gasteiger partial charge is 0.191 e. The number of aliphatic imine (C=N–C) groups is 1. The zero-order valence-corrected chi connectivity index (χ0v) is 13.4. The molecule has 0 radical (unpaired) electrons. The first-order chi connectivity index (χ1) is 9.02. The summed E-state index contributed by atoms with van der Waals surface area (Å²) in [6, 6.07) is 0. The molecule has 1 aromatic heterocycles. The molecule has 19 heavy (non-hydrogen) atoms. The van der Waals surface area contributed by atoms with Gasteiger partial charge >= 0.3 is 0 Å². The highest BCUT2D eigenvalue weighted by molar-refractivity contribution is 7.11. The lowest BCUT2D eigenvalue weighted by atomic mass is 10.4. The van der Waals surface area contributed by atoms with E-state index in [0.717, 1.165) is 42.7 Å². The minimum atomic E-state index is 0.782. The number of nitrogens with zero attached hydrogens (tertiary/aromatic N) is 3. The van der Waals surface area contributed by atoms with Crippen LogP contribution in [0.5, 0.6) is 0 Å². The molecule has 0 bridgehead atoms. The van der Waals surface area contributed by atoms with Crippen LogP contribution in [0.1, 0.15) is 22.0 Å². The van der Waals surface area contributed by atoms with E-state index >= 15 is 0 Å². The molecule has 0 aliphatic heterocycles. The van der Waals surface area contributed by atoms with Gasteiger partial charge in [-0.15, -0.1) is 11.3 Å². The normalized spacial score (nSPS) is 12.0. The Morgan fingerprint density at radius 1 is 1.32 bits per heavy atom. The molecular formula is C13H25N5S. The zero-order valence-electron chi connectivity index (χ0n) is 12.6. The molecule has 0 unspecified atom stereocenters. The molecule has 0 saturated heterocycles. The Morgan fingerprint density at radius 2 is 2.05 bits per heavy atom. The van der Waals surface area contributed by atoms with Gasteiger partial charge in [0.2, 0.25) is 0 Å². The van der Waals surface area contributed by atoms with Crippen molar-refractivity contribution in [2.45, 2.75) is 26.8 Å². The van der Waals surface area contributed by atoms with E-state index in [1.54, 1.807) is 18.4 Å². The zero-order chi connectivity index (χ0) is 14.3. The molecule has 0 fully saturated rings. The van der Waals surface area contributed by atoms with E-state index in [0.29, 0.717) is 0 Å². The van der Waals surface area contributed by atoms with Crippen LogP contribution >= 0.6 is 11.3 Å². The summed E-state index contributed by atoms with van der Waals surface area (Å²) in [6.07, 6.45) is 1.10. The lowest BCUT2D eigenvalue weighted by Gasteiger charge is -2.13. The standard InChI is InChI=1S/C13H25N5S/c1-10-12(19-11(2)17-10)9-16-13(14-3)15-7-6-8-18(4)5/h6-9H2,1-5H3,(H2,14,15,16). The lowest BCUT2D eigenvalue weighted by molar-refractivity contribution is 0.399. The van der Waals surface area contributed by atoms with Crippen molar-refractivity contribution in [3.05, 3.63) is 15.6 Å². The number of rotatable bonds is 6. The van der Waals surface area contributed by atoms with Crippen LogP contribution in [0, 0.1) is 13.8 Å². The molecule has 0 saturated carbocycles. The molecule has 2 N–H and O–H groups in total. The third kappa shape index (κ3) is 6.02. The number of aromatic nitrogens is 1. The van der Waals surface area contributed by atoms with Gasteiger partial charge in [-0.3, -0.25) is 4.99 Å². The number of hydrogen-bond acceptors (Lipinski definition) is 4. The highest BCUT2D eigenvalue weighted by Crippen LogP contribution is 2.16. The first kappa shape index (κ1) is 15.9. The van der Waals surface area contributed by atoms with Crippen molar-refractivity contribution in [3.63, 3.8) is 0 Å². The van der Waals surface area contributed by atoms with Gasteiger partial charge in [-0.1, -0.05) is 0 Å². The molecule has 0 spiro atoms. The maximum atomic E-state index is 4.42. The van der Waals surface area contributed by atoms with E-state index in [1.807, 2.05) is 13.8 Å². The second-order valence-corrected chi connectivity index (χ2v) is 6.04. The number of hydrogen-bond donors (Lipinski definition) is 2. The Balaban J connectivity index is 2.31. The summed E-state index contributed by atoms with van der Waals surface area (Å²) >= 11 is 1.74. The first-order valence-electron chi connectivity index (χ1n) is 6.55. The molecule has 0 aliphatic carbocycles.